The third-order valence-electron chi connectivity index (χ3n) is 3.47. The van der Waals surface area contributed by atoms with Crippen molar-refractivity contribution in [3.8, 4) is 0 Å². The maximum atomic E-state index is 12.1. The first-order valence-electron chi connectivity index (χ1n) is 6.86. The molecule has 1 heterocycles. The van der Waals surface area contributed by atoms with Crippen molar-refractivity contribution in [3.05, 3.63) is 65.3 Å². The largest absolute Gasteiger partial charge is 0.361 e. The number of nitrogens with one attached hydrogen (secondary N) is 2. The lowest BCUT2D eigenvalue weighted by atomic mass is 10.1. The average Bonchev–Trinajstić information content (AvgIpc) is 2.90. The Morgan fingerprint density at radius 1 is 1.09 bits per heavy atom. The second kappa shape index (κ2) is 6.12. The fourth-order valence-corrected chi connectivity index (χ4v) is 3.59. The fourth-order valence-electron chi connectivity index (χ4n) is 2.36. The summed E-state index contributed by atoms with van der Waals surface area (Å²) in [4.78, 5) is 3.43. The molecule has 0 spiro atoms. The lowest BCUT2D eigenvalue weighted by molar-refractivity contribution is 0.581. The molecule has 114 valence electrons. The molecule has 1 aromatic heterocycles. The Balaban J connectivity index is 1.71. The molecule has 4 nitrogen and oxygen atoms in total. The molecule has 0 amide bonds. The van der Waals surface area contributed by atoms with Gasteiger partial charge in [0.2, 0.25) is 10.0 Å². The Morgan fingerprint density at radius 3 is 2.64 bits per heavy atom. The van der Waals surface area contributed by atoms with E-state index < -0.39 is 10.0 Å². The summed E-state index contributed by atoms with van der Waals surface area (Å²) in [5.74, 6) is 0. The Labute approximate surface area is 134 Å². The van der Waals surface area contributed by atoms with E-state index in [2.05, 4.69) is 9.71 Å². The van der Waals surface area contributed by atoms with Gasteiger partial charge in [-0.15, -0.1) is 0 Å². The fraction of sp³-hybridized carbons (Fsp3) is 0.125. The van der Waals surface area contributed by atoms with Crippen LogP contribution in [0.15, 0.2) is 59.6 Å². The molecule has 6 heteroatoms. The van der Waals surface area contributed by atoms with Crippen LogP contribution in [0.3, 0.4) is 0 Å². The number of hydrogen-bond donors (Lipinski definition) is 2. The maximum Gasteiger partial charge on any atom is 0.240 e. The average molecular weight is 335 g/mol. The van der Waals surface area contributed by atoms with Crippen molar-refractivity contribution in [2.24, 2.45) is 0 Å². The van der Waals surface area contributed by atoms with E-state index in [-0.39, 0.29) is 4.90 Å². The van der Waals surface area contributed by atoms with E-state index in [1.807, 2.05) is 24.4 Å². The highest BCUT2D eigenvalue weighted by atomic mass is 35.5. The summed E-state index contributed by atoms with van der Waals surface area (Å²) in [6.07, 6.45) is 2.48. The van der Waals surface area contributed by atoms with Crippen molar-refractivity contribution in [1.82, 2.24) is 9.71 Å². The van der Waals surface area contributed by atoms with Gasteiger partial charge in [0.05, 0.1) is 4.90 Å². The van der Waals surface area contributed by atoms with Crippen LogP contribution in [0.5, 0.6) is 0 Å². The normalized spacial score (nSPS) is 11.9. The minimum absolute atomic E-state index is 0.275. The molecule has 0 aliphatic rings. The third-order valence-corrected chi connectivity index (χ3v) is 5.18. The predicted molar refractivity (Wildman–Crippen MR) is 88.6 cm³/mol. The molecule has 0 fully saturated rings. The Kier molecular flexibility index (Phi) is 4.20. The van der Waals surface area contributed by atoms with E-state index in [9.17, 15) is 8.42 Å². The van der Waals surface area contributed by atoms with E-state index in [1.54, 1.807) is 30.3 Å². The molecule has 0 saturated carbocycles. The molecule has 2 N–H and O–H groups in total. The van der Waals surface area contributed by atoms with Gasteiger partial charge >= 0.3 is 0 Å². The zero-order valence-electron chi connectivity index (χ0n) is 11.7. The first-order chi connectivity index (χ1) is 10.6. The Morgan fingerprint density at radius 2 is 1.86 bits per heavy atom. The molecule has 0 atom stereocenters. The number of hydrogen-bond acceptors (Lipinski definition) is 2. The summed E-state index contributed by atoms with van der Waals surface area (Å²) < 4.78 is 26.9. The van der Waals surface area contributed by atoms with E-state index in [0.717, 1.165) is 16.5 Å². The summed E-state index contributed by atoms with van der Waals surface area (Å²) >= 11 is 6.01. The first kappa shape index (κ1) is 15.1. The molecule has 0 saturated heterocycles. The second-order valence-corrected chi connectivity index (χ2v) is 7.17. The van der Waals surface area contributed by atoms with Crippen molar-refractivity contribution < 1.29 is 8.42 Å². The van der Waals surface area contributed by atoms with Gasteiger partial charge in [0.25, 0.3) is 0 Å². The minimum Gasteiger partial charge on any atom is -0.361 e. The van der Waals surface area contributed by atoms with Gasteiger partial charge < -0.3 is 4.98 Å². The Bertz CT molecular complexity index is 889. The van der Waals surface area contributed by atoms with Gasteiger partial charge in [-0.05, 0) is 42.3 Å². The third kappa shape index (κ3) is 3.16. The van der Waals surface area contributed by atoms with E-state index in [4.69, 9.17) is 11.6 Å². The monoisotopic (exact) mass is 334 g/mol. The van der Waals surface area contributed by atoms with Gasteiger partial charge in [0.1, 0.15) is 0 Å². The molecule has 0 radical (unpaired) electrons. The van der Waals surface area contributed by atoms with Crippen LogP contribution >= 0.6 is 11.6 Å². The van der Waals surface area contributed by atoms with Gasteiger partial charge in [0.15, 0.2) is 0 Å². The highest BCUT2D eigenvalue weighted by Gasteiger charge is 2.13. The minimum atomic E-state index is -3.46. The van der Waals surface area contributed by atoms with Crippen LogP contribution in [-0.4, -0.2) is 19.9 Å². The molecule has 0 aliphatic heterocycles. The van der Waals surface area contributed by atoms with Crippen LogP contribution in [-0.2, 0) is 16.4 Å². The number of H-pyrrole nitrogens is 1. The van der Waals surface area contributed by atoms with Crippen molar-refractivity contribution in [2.45, 2.75) is 11.3 Å². The van der Waals surface area contributed by atoms with Crippen molar-refractivity contribution in [2.75, 3.05) is 6.54 Å². The lowest BCUT2D eigenvalue weighted by Crippen LogP contribution is -2.25. The molecule has 22 heavy (non-hydrogen) atoms. The number of fused-ring (bicyclic) bond motifs is 1. The molecule has 0 unspecified atom stereocenters. The number of aromatic amines is 1. The highest BCUT2D eigenvalue weighted by molar-refractivity contribution is 7.89. The summed E-state index contributed by atoms with van der Waals surface area (Å²) in [6.45, 7) is 0.330. The molecule has 3 rings (SSSR count). The number of rotatable bonds is 5. The van der Waals surface area contributed by atoms with Crippen LogP contribution in [0.4, 0.5) is 0 Å². The van der Waals surface area contributed by atoms with Crippen molar-refractivity contribution in [1.29, 1.82) is 0 Å². The van der Waals surface area contributed by atoms with Crippen LogP contribution in [0.25, 0.3) is 10.9 Å². The highest BCUT2D eigenvalue weighted by Crippen LogP contribution is 2.22. The summed E-state index contributed by atoms with van der Waals surface area (Å²) in [6, 6.07) is 14.0. The van der Waals surface area contributed by atoms with Crippen molar-refractivity contribution >= 4 is 32.5 Å². The lowest BCUT2D eigenvalue weighted by Gasteiger charge is -2.06. The number of halogens is 1. The SMILES string of the molecule is O=S(=O)(NCCc1c[nH]c2ccc(Cl)cc12)c1ccccc1. The first-order valence-corrected chi connectivity index (χ1v) is 8.72. The molecule has 0 bridgehead atoms. The topological polar surface area (TPSA) is 62.0 Å². The number of sulfonamides is 1. The summed E-state index contributed by atoms with van der Waals surface area (Å²) in [7, 11) is -3.46. The van der Waals surface area contributed by atoms with E-state index >= 15 is 0 Å². The van der Waals surface area contributed by atoms with E-state index in [0.29, 0.717) is 18.0 Å². The molecule has 2 aromatic carbocycles. The second-order valence-electron chi connectivity index (χ2n) is 4.96. The van der Waals surface area contributed by atoms with Crippen LogP contribution in [0.1, 0.15) is 5.56 Å². The molecular formula is C16H15ClN2O2S. The van der Waals surface area contributed by atoms with Crippen molar-refractivity contribution in [3.63, 3.8) is 0 Å². The zero-order valence-corrected chi connectivity index (χ0v) is 13.3. The van der Waals surface area contributed by atoms with Gasteiger partial charge in [-0.3, -0.25) is 0 Å². The van der Waals surface area contributed by atoms with Gasteiger partial charge in [-0.2, -0.15) is 0 Å². The smallest absolute Gasteiger partial charge is 0.240 e. The molecule has 3 aromatic rings. The van der Waals surface area contributed by atoms with Gasteiger partial charge in [0, 0.05) is 28.7 Å². The standard InChI is InChI=1S/C16H15ClN2O2S/c17-13-6-7-16-15(10-13)12(11-18-16)8-9-19-22(20,21)14-4-2-1-3-5-14/h1-7,10-11,18-19H,8-9H2. The van der Waals surface area contributed by atoms with Crippen LogP contribution in [0, 0.1) is 0 Å². The molecular weight excluding hydrogens is 320 g/mol. The van der Waals surface area contributed by atoms with Gasteiger partial charge in [-0.1, -0.05) is 29.8 Å². The molecule has 0 aliphatic carbocycles. The Hall–Kier alpha value is -1.82. The maximum absolute atomic E-state index is 12.1. The number of aromatic nitrogens is 1. The quantitative estimate of drug-likeness (QED) is 0.751. The summed E-state index contributed by atoms with van der Waals surface area (Å²) in [5.41, 5.74) is 2.03. The number of benzene rings is 2. The van der Waals surface area contributed by atoms with Gasteiger partial charge in [-0.25, -0.2) is 13.1 Å². The van der Waals surface area contributed by atoms with E-state index in [1.165, 1.54) is 0 Å². The predicted octanol–water partition coefficient (Wildman–Crippen LogP) is 3.34. The zero-order chi connectivity index (χ0) is 15.6. The van der Waals surface area contributed by atoms with Crippen LogP contribution < -0.4 is 4.72 Å². The van der Waals surface area contributed by atoms with Crippen LogP contribution in [0.2, 0.25) is 5.02 Å². The summed E-state index contributed by atoms with van der Waals surface area (Å²) in [5, 5.41) is 1.68.